The van der Waals surface area contributed by atoms with E-state index in [1.165, 1.54) is 18.9 Å². The maximum absolute atomic E-state index is 12.9. The molecule has 1 amide bonds. The third kappa shape index (κ3) is 5.97. The molecule has 1 saturated heterocycles. The Kier molecular flexibility index (Phi) is 8.12. The Bertz CT molecular complexity index is 655. The van der Waals surface area contributed by atoms with Crippen molar-refractivity contribution in [3.8, 4) is 0 Å². The summed E-state index contributed by atoms with van der Waals surface area (Å²) in [6.45, 7) is 3.99. The summed E-state index contributed by atoms with van der Waals surface area (Å²) >= 11 is 1.34. The van der Waals surface area contributed by atoms with Crippen molar-refractivity contribution in [2.24, 2.45) is 5.92 Å². The zero-order valence-corrected chi connectivity index (χ0v) is 16.6. The predicted molar refractivity (Wildman–Crippen MR) is 103 cm³/mol. The maximum Gasteiger partial charge on any atom is 0.408 e. The highest BCUT2D eigenvalue weighted by Crippen LogP contribution is 2.23. The summed E-state index contributed by atoms with van der Waals surface area (Å²) in [6.07, 6.45) is 0.0812. The van der Waals surface area contributed by atoms with Gasteiger partial charge in [0.15, 0.2) is 5.78 Å². The number of Topliss-reactive ketones (excluding diaryl/α,β-unsaturated/α-hetero) is 1. The average molecular weight is 394 g/mol. The molecule has 0 radical (unpaired) electrons. The molecule has 4 atom stereocenters. The summed E-state index contributed by atoms with van der Waals surface area (Å²) < 4.78 is 9.95. The van der Waals surface area contributed by atoms with Crippen molar-refractivity contribution in [3.63, 3.8) is 0 Å². The highest BCUT2D eigenvalue weighted by molar-refractivity contribution is 8.00. The fourth-order valence-corrected chi connectivity index (χ4v) is 3.89. The molecule has 0 saturated carbocycles. The molecule has 0 aromatic heterocycles. The molecule has 1 aromatic carbocycles. The van der Waals surface area contributed by atoms with Crippen LogP contribution < -0.4 is 10.6 Å². The number of thioether (sulfide) groups is 1. The van der Waals surface area contributed by atoms with Gasteiger partial charge >= 0.3 is 12.1 Å². The second kappa shape index (κ2) is 10.3. The van der Waals surface area contributed by atoms with Gasteiger partial charge in [0.25, 0.3) is 0 Å². The summed E-state index contributed by atoms with van der Waals surface area (Å²) in [7, 11) is 1.32. The van der Waals surface area contributed by atoms with Crippen LogP contribution in [-0.4, -0.2) is 48.2 Å². The van der Waals surface area contributed by atoms with E-state index in [9.17, 15) is 14.4 Å². The normalized spacial score (nSPS) is 21.1. The largest absolute Gasteiger partial charge is 0.468 e. The molecule has 1 aliphatic rings. The molecule has 2 N–H and O–H groups in total. The van der Waals surface area contributed by atoms with Crippen molar-refractivity contribution >= 4 is 29.6 Å². The lowest BCUT2D eigenvalue weighted by Crippen LogP contribution is -2.52. The van der Waals surface area contributed by atoms with Crippen molar-refractivity contribution in [1.29, 1.82) is 0 Å². The Labute approximate surface area is 163 Å². The van der Waals surface area contributed by atoms with E-state index in [0.29, 0.717) is 12.2 Å². The lowest BCUT2D eigenvalue weighted by Gasteiger charge is -2.25. The molecule has 1 unspecified atom stereocenters. The van der Waals surface area contributed by atoms with Gasteiger partial charge in [0, 0.05) is 5.75 Å². The number of ether oxygens (including phenoxy) is 2. The quantitative estimate of drug-likeness (QED) is 0.652. The van der Waals surface area contributed by atoms with Gasteiger partial charge in [-0.3, -0.25) is 14.9 Å². The summed E-state index contributed by atoms with van der Waals surface area (Å²) in [6, 6.07) is 8.12. The Morgan fingerprint density at radius 2 is 2.00 bits per heavy atom. The van der Waals surface area contributed by atoms with Gasteiger partial charge in [0.05, 0.1) is 13.2 Å². The molecule has 1 aliphatic heterocycles. The van der Waals surface area contributed by atoms with E-state index < -0.39 is 29.5 Å². The number of hydrogen-bond donors (Lipinski definition) is 2. The van der Waals surface area contributed by atoms with Gasteiger partial charge < -0.3 is 14.8 Å². The van der Waals surface area contributed by atoms with Crippen LogP contribution in [0.2, 0.25) is 0 Å². The van der Waals surface area contributed by atoms with Gasteiger partial charge in [-0.2, -0.15) is 0 Å². The first-order valence-electron chi connectivity index (χ1n) is 8.92. The Morgan fingerprint density at radius 3 is 2.63 bits per heavy atom. The maximum atomic E-state index is 12.9. The first kappa shape index (κ1) is 21.2. The number of esters is 1. The van der Waals surface area contributed by atoms with Crippen LogP contribution in [0, 0.1) is 5.92 Å². The molecule has 7 nitrogen and oxygen atoms in total. The number of benzene rings is 1. The number of carbonyl (C=O) groups excluding carboxylic acids is 3. The third-order valence-corrected chi connectivity index (χ3v) is 5.76. The van der Waals surface area contributed by atoms with Crippen LogP contribution in [0.4, 0.5) is 4.79 Å². The smallest absolute Gasteiger partial charge is 0.408 e. The van der Waals surface area contributed by atoms with Gasteiger partial charge in [-0.15, -0.1) is 11.8 Å². The van der Waals surface area contributed by atoms with E-state index in [1.807, 2.05) is 44.2 Å². The van der Waals surface area contributed by atoms with Gasteiger partial charge in [-0.05, 0) is 11.5 Å². The number of methoxy groups -OCH3 is 1. The van der Waals surface area contributed by atoms with Crippen molar-refractivity contribution in [1.82, 2.24) is 10.6 Å². The number of ketones is 1. The molecule has 1 heterocycles. The van der Waals surface area contributed by atoms with Crippen molar-refractivity contribution < 1.29 is 23.9 Å². The van der Waals surface area contributed by atoms with Crippen molar-refractivity contribution in [2.45, 2.75) is 44.3 Å². The van der Waals surface area contributed by atoms with Crippen LogP contribution in [0.1, 0.15) is 25.8 Å². The number of carbonyl (C=O) groups is 3. The van der Waals surface area contributed by atoms with Gasteiger partial charge in [0.2, 0.25) is 0 Å². The van der Waals surface area contributed by atoms with E-state index in [0.717, 1.165) is 5.56 Å². The molecular weight excluding hydrogens is 368 g/mol. The zero-order chi connectivity index (χ0) is 19.8. The predicted octanol–water partition coefficient (Wildman–Crippen LogP) is 2.10. The summed E-state index contributed by atoms with van der Waals surface area (Å²) in [5.41, 5.74) is 0.869. The third-order valence-electron chi connectivity index (χ3n) is 4.53. The molecule has 0 aliphatic carbocycles. The fourth-order valence-electron chi connectivity index (χ4n) is 2.70. The van der Waals surface area contributed by atoms with Crippen molar-refractivity contribution in [2.75, 3.05) is 12.9 Å². The second-order valence-electron chi connectivity index (χ2n) is 6.43. The van der Waals surface area contributed by atoms with Crippen LogP contribution in [0.25, 0.3) is 0 Å². The second-order valence-corrected chi connectivity index (χ2v) is 7.57. The first-order chi connectivity index (χ1) is 13.0. The summed E-state index contributed by atoms with van der Waals surface area (Å²) in [5, 5.41) is 5.10. The summed E-state index contributed by atoms with van der Waals surface area (Å²) in [5.74, 6) is -0.179. The average Bonchev–Trinajstić information content (AvgIpc) is 3.19. The van der Waals surface area contributed by atoms with Crippen LogP contribution >= 0.6 is 11.8 Å². The van der Waals surface area contributed by atoms with Gasteiger partial charge in [-0.25, -0.2) is 4.79 Å². The van der Waals surface area contributed by atoms with Crippen LogP contribution in [0.5, 0.6) is 0 Å². The lowest BCUT2D eigenvalue weighted by molar-refractivity contribution is -0.142. The minimum Gasteiger partial charge on any atom is -0.468 e. The van der Waals surface area contributed by atoms with Gasteiger partial charge in [0.1, 0.15) is 18.0 Å². The molecule has 27 heavy (non-hydrogen) atoms. The first-order valence-corrected chi connectivity index (χ1v) is 9.97. The molecule has 148 valence electrons. The molecule has 1 aromatic rings. The molecule has 0 bridgehead atoms. The topological polar surface area (TPSA) is 93.7 Å². The molecule has 8 heteroatoms. The standard InChI is InChI=1S/C19H26N2O5S/c1-4-12(2)15(16(22)17-20-14(11-27-17)18(23)25-3)21-19(24)26-10-13-8-6-5-7-9-13/h5-9,12,14-15,17,20H,4,10-11H2,1-3H3,(H,21,24)/t12-,14-,15-,17?/m0/s1. The van der Waals surface area contributed by atoms with E-state index in [4.69, 9.17) is 9.47 Å². The number of alkyl carbamates (subject to hydrolysis) is 1. The minimum absolute atomic E-state index is 0.0682. The summed E-state index contributed by atoms with van der Waals surface area (Å²) in [4.78, 5) is 36.7. The number of amides is 1. The fraction of sp³-hybridized carbons (Fsp3) is 0.526. The van der Waals surface area contributed by atoms with Crippen LogP contribution in [0.15, 0.2) is 30.3 Å². The molecule has 1 fully saturated rings. The SMILES string of the molecule is CC[C@H](C)[C@H](NC(=O)OCc1ccccc1)C(=O)C1N[C@H](C(=O)OC)CS1. The molecular formula is C19H26N2O5S. The lowest BCUT2D eigenvalue weighted by atomic mass is 9.95. The van der Waals surface area contributed by atoms with Crippen LogP contribution in [0.3, 0.4) is 0 Å². The minimum atomic E-state index is -0.695. The highest BCUT2D eigenvalue weighted by Gasteiger charge is 2.39. The Hall–Kier alpha value is -2.06. The van der Waals surface area contributed by atoms with E-state index in [-0.39, 0.29) is 18.3 Å². The highest BCUT2D eigenvalue weighted by atomic mass is 32.2. The monoisotopic (exact) mass is 394 g/mol. The molecule has 2 rings (SSSR count). The number of rotatable bonds is 8. The van der Waals surface area contributed by atoms with Crippen LogP contribution in [-0.2, 0) is 25.7 Å². The Morgan fingerprint density at radius 1 is 1.30 bits per heavy atom. The van der Waals surface area contributed by atoms with E-state index >= 15 is 0 Å². The van der Waals surface area contributed by atoms with E-state index in [2.05, 4.69) is 10.6 Å². The number of nitrogens with one attached hydrogen (secondary N) is 2. The van der Waals surface area contributed by atoms with Crippen molar-refractivity contribution in [3.05, 3.63) is 35.9 Å². The molecule has 0 spiro atoms. The Balaban J connectivity index is 1.95. The zero-order valence-electron chi connectivity index (χ0n) is 15.8. The number of hydrogen-bond acceptors (Lipinski definition) is 7. The van der Waals surface area contributed by atoms with E-state index in [1.54, 1.807) is 0 Å². The van der Waals surface area contributed by atoms with Gasteiger partial charge in [-0.1, -0.05) is 50.6 Å².